The number of fused-ring (bicyclic) bond motifs is 1. The normalized spacial score (nSPS) is 15.8. The van der Waals surface area contributed by atoms with Crippen LogP contribution in [0, 0.1) is 0 Å². The van der Waals surface area contributed by atoms with Crippen molar-refractivity contribution in [3.05, 3.63) is 47.0 Å². The molecule has 0 unspecified atom stereocenters. The first-order valence-corrected chi connectivity index (χ1v) is 12.2. The maximum absolute atomic E-state index is 5.61. The maximum Gasteiger partial charge on any atom is 0.128 e. The highest BCUT2D eigenvalue weighted by Gasteiger charge is 2.19. The molecule has 0 amide bonds. The van der Waals surface area contributed by atoms with E-state index in [1.54, 1.807) is 0 Å². The Morgan fingerprint density at radius 2 is 1.74 bits per heavy atom. The van der Waals surface area contributed by atoms with Gasteiger partial charge in [0.15, 0.2) is 0 Å². The zero-order valence-electron chi connectivity index (χ0n) is 18.4. The molecule has 0 atom stereocenters. The van der Waals surface area contributed by atoms with Crippen molar-refractivity contribution >= 4 is 27.0 Å². The number of ether oxygens (including phenoxy) is 1. The number of benzene rings is 1. The molecule has 8 heteroatoms. The minimum Gasteiger partial charge on any atom is -0.380 e. The molecule has 0 N–H and O–H groups in total. The summed E-state index contributed by atoms with van der Waals surface area (Å²) in [6, 6.07) is 10.4. The Morgan fingerprint density at radius 1 is 0.968 bits per heavy atom. The molecule has 0 saturated carbocycles. The number of unbranched alkanes of at least 4 members (excludes halogenated alkanes) is 1. The number of rotatable bonds is 11. The molecule has 0 bridgehead atoms. The van der Waals surface area contributed by atoms with Crippen LogP contribution in [0.2, 0.25) is 0 Å². The Labute approximate surface area is 193 Å². The second-order valence-corrected chi connectivity index (χ2v) is 8.90. The van der Waals surface area contributed by atoms with Gasteiger partial charge in [-0.3, -0.25) is 9.58 Å². The highest BCUT2D eigenvalue weighted by atomic mass is 79.9. The van der Waals surface area contributed by atoms with E-state index in [4.69, 9.17) is 9.72 Å². The van der Waals surface area contributed by atoms with Crippen molar-refractivity contribution in [1.29, 1.82) is 0 Å². The van der Waals surface area contributed by atoms with Gasteiger partial charge in [-0.05, 0) is 60.4 Å². The summed E-state index contributed by atoms with van der Waals surface area (Å²) in [5.41, 5.74) is 2.29. The largest absolute Gasteiger partial charge is 0.380 e. The Bertz CT molecular complexity index is 947. The van der Waals surface area contributed by atoms with E-state index in [9.17, 15) is 0 Å². The summed E-state index contributed by atoms with van der Waals surface area (Å²) >= 11 is 3.41. The Morgan fingerprint density at radius 3 is 2.52 bits per heavy atom. The third-order valence-electron chi connectivity index (χ3n) is 5.95. The van der Waals surface area contributed by atoms with Crippen LogP contribution in [0.5, 0.6) is 0 Å². The third kappa shape index (κ3) is 6.16. The summed E-state index contributed by atoms with van der Waals surface area (Å²) < 4.78 is 10.9. The quantitative estimate of drug-likeness (QED) is 0.385. The van der Waals surface area contributed by atoms with Crippen LogP contribution in [-0.4, -0.2) is 75.1 Å². The molecular formula is C23H33BrN6O. The summed E-state index contributed by atoms with van der Waals surface area (Å²) in [6.45, 7) is 11.9. The van der Waals surface area contributed by atoms with E-state index in [2.05, 4.69) is 59.7 Å². The predicted molar refractivity (Wildman–Crippen MR) is 127 cm³/mol. The molecule has 7 nitrogen and oxygen atoms in total. The number of aromatic nitrogens is 4. The third-order valence-corrected chi connectivity index (χ3v) is 6.37. The van der Waals surface area contributed by atoms with Gasteiger partial charge in [-0.25, -0.2) is 4.98 Å². The molecule has 31 heavy (non-hydrogen) atoms. The highest BCUT2D eigenvalue weighted by Crippen LogP contribution is 2.18. The lowest BCUT2D eigenvalue weighted by molar-refractivity contribution is 0.119. The first-order chi connectivity index (χ1) is 15.2. The van der Waals surface area contributed by atoms with Crippen molar-refractivity contribution in [1.82, 2.24) is 29.1 Å². The second kappa shape index (κ2) is 11.2. The van der Waals surface area contributed by atoms with Crippen LogP contribution in [-0.2, 0) is 24.4 Å². The van der Waals surface area contributed by atoms with Gasteiger partial charge in [0.1, 0.15) is 10.4 Å². The number of aryl methyl sites for hydroxylation is 1. The van der Waals surface area contributed by atoms with Crippen molar-refractivity contribution < 1.29 is 4.74 Å². The standard InChI is InChI=1S/C23H33BrN6O/c1-2-31-18-17-30-21-8-4-3-7-20(21)25-23(30)19-28-15-13-27(14-16-28)10-5-6-11-29-12-9-22(24)26-29/h3-4,7-9,12H,2,5-6,10-11,13-19H2,1H3. The van der Waals surface area contributed by atoms with Crippen molar-refractivity contribution in [2.45, 2.75) is 39.4 Å². The van der Waals surface area contributed by atoms with Gasteiger partial charge in [-0.1, -0.05) is 12.1 Å². The maximum atomic E-state index is 5.61. The second-order valence-electron chi connectivity index (χ2n) is 8.09. The summed E-state index contributed by atoms with van der Waals surface area (Å²) in [6.07, 6.45) is 4.41. The summed E-state index contributed by atoms with van der Waals surface area (Å²) in [4.78, 5) is 10.1. The molecule has 2 aromatic heterocycles. The molecule has 0 spiro atoms. The molecule has 4 rings (SSSR count). The molecule has 0 radical (unpaired) electrons. The van der Waals surface area contributed by atoms with E-state index in [1.165, 1.54) is 18.5 Å². The van der Waals surface area contributed by atoms with Crippen molar-refractivity contribution in [2.24, 2.45) is 0 Å². The van der Waals surface area contributed by atoms with Crippen LogP contribution in [0.15, 0.2) is 41.1 Å². The molecule has 1 aromatic carbocycles. The monoisotopic (exact) mass is 488 g/mol. The minimum absolute atomic E-state index is 0.729. The lowest BCUT2D eigenvalue weighted by Crippen LogP contribution is -2.46. The van der Waals surface area contributed by atoms with Crippen LogP contribution >= 0.6 is 15.9 Å². The lowest BCUT2D eigenvalue weighted by atomic mass is 10.2. The van der Waals surface area contributed by atoms with Gasteiger partial charge >= 0.3 is 0 Å². The topological polar surface area (TPSA) is 51.4 Å². The molecule has 3 aromatic rings. The predicted octanol–water partition coefficient (Wildman–Crippen LogP) is 3.63. The average Bonchev–Trinajstić information content (AvgIpc) is 3.35. The van der Waals surface area contributed by atoms with Crippen LogP contribution in [0.1, 0.15) is 25.6 Å². The van der Waals surface area contributed by atoms with Crippen molar-refractivity contribution in [2.75, 3.05) is 45.9 Å². The number of hydrogen-bond acceptors (Lipinski definition) is 5. The van der Waals surface area contributed by atoms with Crippen LogP contribution < -0.4 is 0 Å². The molecule has 0 aliphatic carbocycles. The fourth-order valence-corrected chi connectivity index (χ4v) is 4.56. The zero-order valence-corrected chi connectivity index (χ0v) is 20.0. The highest BCUT2D eigenvalue weighted by molar-refractivity contribution is 9.10. The van der Waals surface area contributed by atoms with E-state index in [-0.39, 0.29) is 0 Å². The Balaban J connectivity index is 1.24. The first kappa shape index (κ1) is 22.5. The van der Waals surface area contributed by atoms with Gasteiger partial charge < -0.3 is 14.2 Å². The summed E-state index contributed by atoms with van der Waals surface area (Å²) in [7, 11) is 0. The van der Waals surface area contributed by atoms with E-state index >= 15 is 0 Å². The van der Waals surface area contributed by atoms with E-state index < -0.39 is 0 Å². The van der Waals surface area contributed by atoms with Crippen molar-refractivity contribution in [3.63, 3.8) is 0 Å². The molecule has 3 heterocycles. The number of piperazine rings is 1. The SMILES string of the molecule is CCOCCn1c(CN2CCN(CCCCn3ccc(Br)n3)CC2)nc2ccccc21. The van der Waals surface area contributed by atoms with Gasteiger partial charge in [0.25, 0.3) is 0 Å². The summed E-state index contributed by atoms with van der Waals surface area (Å²) in [5, 5.41) is 4.39. The molecule has 1 aliphatic heterocycles. The van der Waals surface area contributed by atoms with Gasteiger partial charge in [0.05, 0.1) is 24.2 Å². The van der Waals surface area contributed by atoms with Crippen molar-refractivity contribution in [3.8, 4) is 0 Å². The fourth-order valence-electron chi connectivity index (χ4n) is 4.24. The smallest absolute Gasteiger partial charge is 0.128 e. The molecule has 1 saturated heterocycles. The van der Waals surface area contributed by atoms with Gasteiger partial charge in [-0.2, -0.15) is 5.10 Å². The molecule has 1 aliphatic rings. The molecule has 1 fully saturated rings. The summed E-state index contributed by atoms with van der Waals surface area (Å²) in [5.74, 6) is 1.15. The first-order valence-electron chi connectivity index (χ1n) is 11.4. The minimum atomic E-state index is 0.729. The van der Waals surface area contributed by atoms with Crippen LogP contribution in [0.3, 0.4) is 0 Å². The fraction of sp³-hybridized carbons (Fsp3) is 0.565. The lowest BCUT2D eigenvalue weighted by Gasteiger charge is -2.34. The van der Waals surface area contributed by atoms with Gasteiger partial charge in [0, 0.05) is 52.1 Å². The number of hydrogen-bond donors (Lipinski definition) is 0. The molecule has 168 valence electrons. The van der Waals surface area contributed by atoms with Gasteiger partial charge in [0.2, 0.25) is 0 Å². The average molecular weight is 489 g/mol. The van der Waals surface area contributed by atoms with E-state index in [0.717, 1.165) is 81.4 Å². The number of para-hydroxylation sites is 2. The van der Waals surface area contributed by atoms with Gasteiger partial charge in [-0.15, -0.1) is 0 Å². The Hall–Kier alpha value is -1.74. The van der Waals surface area contributed by atoms with Crippen LogP contribution in [0.4, 0.5) is 0 Å². The van der Waals surface area contributed by atoms with E-state index in [0.29, 0.717) is 0 Å². The number of nitrogens with zero attached hydrogens (tertiary/aromatic N) is 6. The number of imidazole rings is 1. The number of halogens is 1. The molecular weight excluding hydrogens is 456 g/mol. The zero-order chi connectivity index (χ0) is 21.5. The van der Waals surface area contributed by atoms with E-state index in [1.807, 2.05) is 23.9 Å². The Kier molecular flexibility index (Phi) is 8.13. The van der Waals surface area contributed by atoms with Crippen LogP contribution in [0.25, 0.3) is 11.0 Å².